The van der Waals surface area contributed by atoms with Crippen LogP contribution in [0.1, 0.15) is 18.6 Å². The molecule has 4 unspecified atom stereocenters. The van der Waals surface area contributed by atoms with Crippen molar-refractivity contribution in [1.29, 1.82) is 5.26 Å². The zero-order chi connectivity index (χ0) is 21.9. The van der Waals surface area contributed by atoms with Crippen molar-refractivity contribution in [3.05, 3.63) is 70.5 Å². The Kier molecular flexibility index (Phi) is 6.64. The number of benzene rings is 2. The van der Waals surface area contributed by atoms with Crippen molar-refractivity contribution in [1.82, 2.24) is 0 Å². The Hall–Kier alpha value is -2.62. The van der Waals surface area contributed by atoms with Crippen molar-refractivity contribution in [2.24, 2.45) is 17.3 Å². The van der Waals surface area contributed by atoms with Gasteiger partial charge in [-0.1, -0.05) is 54.4 Å². The average molecular weight is 452 g/mol. The first-order chi connectivity index (χ1) is 14.3. The summed E-state index contributed by atoms with van der Waals surface area (Å²) < 4.78 is 38.4. The molecule has 1 fully saturated rings. The summed E-state index contributed by atoms with van der Waals surface area (Å²) in [4.78, 5) is 12.6. The molecule has 0 spiro atoms. The quantitative estimate of drug-likeness (QED) is 0.465. The molecule has 1 aliphatic rings. The van der Waals surface area contributed by atoms with Gasteiger partial charge in [0.05, 0.1) is 12.6 Å². The lowest BCUT2D eigenvalue weighted by molar-refractivity contribution is -0.149. The summed E-state index contributed by atoms with van der Waals surface area (Å²) in [6, 6.07) is 14.1. The van der Waals surface area contributed by atoms with Gasteiger partial charge < -0.3 is 9.47 Å². The predicted octanol–water partition coefficient (Wildman–Crippen LogP) is 6.27. The van der Waals surface area contributed by atoms with E-state index in [9.17, 15) is 18.8 Å². The van der Waals surface area contributed by atoms with Gasteiger partial charge in [-0.2, -0.15) is 5.26 Å². The summed E-state index contributed by atoms with van der Waals surface area (Å²) in [5.74, 6) is -2.48. The molecule has 2 aromatic rings. The molecule has 30 heavy (non-hydrogen) atoms. The predicted molar refractivity (Wildman–Crippen MR) is 108 cm³/mol. The van der Waals surface area contributed by atoms with Gasteiger partial charge in [0.1, 0.15) is 16.3 Å². The van der Waals surface area contributed by atoms with Crippen LogP contribution in [0.5, 0.6) is 11.5 Å². The lowest BCUT2D eigenvalue weighted by Gasteiger charge is -2.14. The minimum atomic E-state index is -1.32. The highest BCUT2D eigenvalue weighted by atomic mass is 35.5. The molecule has 0 radical (unpaired) electrons. The van der Waals surface area contributed by atoms with Gasteiger partial charge in [0.2, 0.25) is 6.10 Å². The third-order valence-corrected chi connectivity index (χ3v) is 5.40. The Morgan fingerprint density at radius 1 is 1.30 bits per heavy atom. The van der Waals surface area contributed by atoms with Crippen molar-refractivity contribution in [2.45, 2.75) is 13.0 Å². The van der Waals surface area contributed by atoms with Crippen LogP contribution in [0.3, 0.4) is 0 Å². The molecule has 0 heterocycles. The van der Waals surface area contributed by atoms with E-state index in [1.165, 1.54) is 18.2 Å². The number of esters is 1. The van der Waals surface area contributed by atoms with Crippen LogP contribution in [-0.2, 0) is 9.53 Å². The molecule has 0 aromatic heterocycles. The fraction of sp³-hybridized carbons (Fsp3) is 0.273. The highest BCUT2D eigenvalue weighted by Crippen LogP contribution is 2.61. The molecule has 1 aliphatic carbocycles. The number of hydrogen-bond acceptors (Lipinski definition) is 4. The first kappa shape index (κ1) is 22.1. The second-order valence-electron chi connectivity index (χ2n) is 7.15. The number of halogens is 4. The Morgan fingerprint density at radius 2 is 2.00 bits per heavy atom. The number of rotatable bonds is 7. The molecule has 0 saturated heterocycles. The zero-order valence-electron chi connectivity index (χ0n) is 15.8. The summed E-state index contributed by atoms with van der Waals surface area (Å²) in [7, 11) is 0. The Morgan fingerprint density at radius 3 is 2.60 bits per heavy atom. The van der Waals surface area contributed by atoms with Crippen molar-refractivity contribution < 1.29 is 23.0 Å². The maximum absolute atomic E-state index is 14.2. The number of para-hydroxylation sites is 1. The van der Waals surface area contributed by atoms with Gasteiger partial charge in [-0.3, -0.25) is 9.18 Å². The van der Waals surface area contributed by atoms with Crippen molar-refractivity contribution in [3.63, 3.8) is 0 Å². The number of hydrogen-bond donors (Lipinski definition) is 0. The van der Waals surface area contributed by atoms with E-state index in [0.717, 1.165) is 6.07 Å². The van der Waals surface area contributed by atoms with E-state index in [1.807, 2.05) is 6.07 Å². The molecule has 2 aromatic carbocycles. The van der Waals surface area contributed by atoms with Gasteiger partial charge in [0.15, 0.2) is 11.6 Å². The van der Waals surface area contributed by atoms with E-state index in [1.54, 1.807) is 37.3 Å². The lowest BCUT2D eigenvalue weighted by Crippen LogP contribution is -2.16. The SMILES string of the molecule is CC1(CF)C(C=C(Cl)Cl)C1C(=O)OC(C#N)c1ccc(F)c(Oc2ccccc2)c1. The van der Waals surface area contributed by atoms with Crippen molar-refractivity contribution >= 4 is 29.2 Å². The van der Waals surface area contributed by atoms with E-state index in [4.69, 9.17) is 32.7 Å². The molecule has 0 amide bonds. The van der Waals surface area contributed by atoms with E-state index in [0.29, 0.717) is 5.75 Å². The average Bonchev–Trinajstić information content (AvgIpc) is 3.31. The topological polar surface area (TPSA) is 59.3 Å². The van der Waals surface area contributed by atoms with Crippen LogP contribution in [0, 0.1) is 34.4 Å². The summed E-state index contributed by atoms with van der Waals surface area (Å²) in [6.45, 7) is 0.791. The van der Waals surface area contributed by atoms with E-state index < -0.39 is 41.8 Å². The van der Waals surface area contributed by atoms with Gasteiger partial charge in [-0.25, -0.2) is 4.39 Å². The van der Waals surface area contributed by atoms with Gasteiger partial charge in [-0.15, -0.1) is 0 Å². The summed E-state index contributed by atoms with van der Waals surface area (Å²) in [6.07, 6.45) is 0.0662. The monoisotopic (exact) mass is 451 g/mol. The molecule has 0 N–H and O–H groups in total. The molecule has 156 valence electrons. The second kappa shape index (κ2) is 9.03. The van der Waals surface area contributed by atoms with E-state index in [-0.39, 0.29) is 15.8 Å². The summed E-state index contributed by atoms with van der Waals surface area (Å²) in [5.41, 5.74) is -0.778. The molecule has 3 rings (SSSR count). The van der Waals surface area contributed by atoms with E-state index >= 15 is 0 Å². The second-order valence-corrected chi connectivity index (χ2v) is 8.16. The van der Waals surface area contributed by atoms with Gasteiger partial charge in [-0.05, 0) is 30.3 Å². The maximum atomic E-state index is 14.2. The van der Waals surface area contributed by atoms with Gasteiger partial charge in [0, 0.05) is 16.9 Å². The Labute approximate surface area is 182 Å². The third-order valence-electron chi connectivity index (χ3n) is 5.15. The van der Waals surface area contributed by atoms with Crippen LogP contribution >= 0.6 is 23.2 Å². The third kappa shape index (κ3) is 4.58. The summed E-state index contributed by atoms with van der Waals surface area (Å²) in [5, 5.41) is 9.49. The first-order valence-corrected chi connectivity index (χ1v) is 9.77. The maximum Gasteiger partial charge on any atom is 0.311 e. The molecule has 0 aliphatic heterocycles. The highest BCUT2D eigenvalue weighted by molar-refractivity contribution is 6.55. The van der Waals surface area contributed by atoms with Crippen LogP contribution in [-0.4, -0.2) is 12.6 Å². The smallest absolute Gasteiger partial charge is 0.311 e. The zero-order valence-corrected chi connectivity index (χ0v) is 17.3. The minimum absolute atomic E-state index is 0.0759. The van der Waals surface area contributed by atoms with E-state index in [2.05, 4.69) is 0 Å². The lowest BCUT2D eigenvalue weighted by atomic mass is 10.1. The van der Waals surface area contributed by atoms with Crippen molar-refractivity contribution in [3.8, 4) is 17.6 Å². The normalized spacial score (nSPS) is 23.1. The molecule has 0 bridgehead atoms. The van der Waals surface area contributed by atoms with Crippen LogP contribution < -0.4 is 4.74 Å². The number of ether oxygens (including phenoxy) is 2. The van der Waals surface area contributed by atoms with Crippen molar-refractivity contribution in [2.75, 3.05) is 6.67 Å². The number of allylic oxidation sites excluding steroid dienone is 1. The number of nitriles is 1. The molecule has 4 nitrogen and oxygen atoms in total. The first-order valence-electron chi connectivity index (χ1n) is 9.01. The molecular formula is C22H17Cl2F2NO3. The number of nitrogens with zero attached hydrogens (tertiary/aromatic N) is 1. The Bertz CT molecular complexity index is 1010. The van der Waals surface area contributed by atoms with Crippen LogP contribution in [0.4, 0.5) is 8.78 Å². The fourth-order valence-electron chi connectivity index (χ4n) is 3.35. The molecule has 4 atom stereocenters. The Balaban J connectivity index is 1.78. The minimum Gasteiger partial charge on any atom is -0.454 e. The largest absolute Gasteiger partial charge is 0.454 e. The summed E-state index contributed by atoms with van der Waals surface area (Å²) >= 11 is 11.3. The molecular weight excluding hydrogens is 435 g/mol. The molecule has 1 saturated carbocycles. The fourth-order valence-corrected chi connectivity index (χ4v) is 3.62. The van der Waals surface area contributed by atoms with Crippen LogP contribution in [0.2, 0.25) is 0 Å². The van der Waals surface area contributed by atoms with Gasteiger partial charge >= 0.3 is 5.97 Å². The number of carbonyl (C=O) groups is 1. The number of alkyl halides is 1. The van der Waals surface area contributed by atoms with Gasteiger partial charge in [0.25, 0.3) is 0 Å². The van der Waals surface area contributed by atoms with Crippen LogP contribution in [0.15, 0.2) is 59.1 Å². The standard InChI is InChI=1S/C22H17Cl2F2NO3/c1-22(12-25)15(10-19(23)24)20(22)21(28)30-18(11-27)13-7-8-16(26)17(9-13)29-14-5-3-2-4-6-14/h2-10,15,18,20H,12H2,1H3. The number of carbonyl (C=O) groups excluding carboxylic acids is 1. The van der Waals surface area contributed by atoms with Crippen LogP contribution in [0.25, 0.3) is 0 Å². The highest BCUT2D eigenvalue weighted by Gasteiger charge is 2.65. The molecule has 8 heteroatoms.